The first-order valence-electron chi connectivity index (χ1n) is 9.30. The normalized spacial score (nSPS) is 19.0. The van der Waals surface area contributed by atoms with Crippen molar-refractivity contribution >= 4 is 11.9 Å². The number of hydrogen-bond donors (Lipinski definition) is 1. The molecule has 0 fully saturated rings. The van der Waals surface area contributed by atoms with Crippen LogP contribution in [0.1, 0.15) is 22.3 Å². The van der Waals surface area contributed by atoms with Gasteiger partial charge in [0.2, 0.25) is 0 Å². The highest BCUT2D eigenvalue weighted by atomic mass is 16.2. The van der Waals surface area contributed by atoms with Gasteiger partial charge in [-0.15, -0.1) is 0 Å². The van der Waals surface area contributed by atoms with E-state index in [0.717, 1.165) is 22.3 Å². The molecule has 3 aromatic rings. The Hall–Kier alpha value is -3.40. The summed E-state index contributed by atoms with van der Waals surface area (Å²) in [6, 6.07) is 24.1. The monoisotopic (exact) mass is 369 g/mol. The minimum absolute atomic E-state index is 0.144. The van der Waals surface area contributed by atoms with Gasteiger partial charge in [-0.05, 0) is 47.7 Å². The zero-order valence-corrected chi connectivity index (χ0v) is 16.3. The molecule has 140 valence electrons. The summed E-state index contributed by atoms with van der Waals surface area (Å²) in [5.74, 6) is 0.0831. The van der Waals surface area contributed by atoms with Crippen LogP contribution >= 0.6 is 0 Å². The molecule has 1 unspecified atom stereocenters. The summed E-state index contributed by atoms with van der Waals surface area (Å²) in [6.45, 7) is 4.19. The van der Waals surface area contributed by atoms with Crippen LogP contribution in [0, 0.1) is 13.8 Å². The van der Waals surface area contributed by atoms with Gasteiger partial charge >= 0.3 is 0 Å². The number of nitrogens with zero attached hydrogens (tertiary/aromatic N) is 2. The topological polar surface area (TPSA) is 58.7 Å². The van der Waals surface area contributed by atoms with Crippen molar-refractivity contribution in [2.75, 3.05) is 7.05 Å². The highest BCUT2D eigenvalue weighted by Crippen LogP contribution is 2.40. The number of rotatable bonds is 3. The Balaban J connectivity index is 1.94. The maximum absolute atomic E-state index is 13.3. The summed E-state index contributed by atoms with van der Waals surface area (Å²) < 4.78 is 0. The Labute approximate surface area is 165 Å². The molecule has 0 saturated heterocycles. The number of carbonyl (C=O) groups is 1. The first-order chi connectivity index (χ1) is 13.4. The SMILES string of the molecule is Cc1ccc(-c2cccc(C3(c4ccccc4)N=C(N)N(C)C3=O)c2)c(C)c1. The number of guanidine groups is 1. The molecule has 1 atom stereocenters. The molecular formula is C24H23N3O. The number of benzene rings is 3. The van der Waals surface area contributed by atoms with E-state index >= 15 is 0 Å². The maximum Gasteiger partial charge on any atom is 0.266 e. The Morgan fingerprint density at radius 3 is 2.25 bits per heavy atom. The molecule has 0 saturated carbocycles. The van der Waals surface area contributed by atoms with Crippen LogP contribution in [0.3, 0.4) is 0 Å². The van der Waals surface area contributed by atoms with Gasteiger partial charge in [0.15, 0.2) is 11.5 Å². The molecule has 0 aromatic heterocycles. The fourth-order valence-electron chi connectivity index (χ4n) is 3.91. The lowest BCUT2D eigenvalue weighted by Crippen LogP contribution is -2.41. The van der Waals surface area contributed by atoms with Gasteiger partial charge in [0.25, 0.3) is 5.91 Å². The lowest BCUT2D eigenvalue weighted by atomic mass is 9.81. The number of likely N-dealkylation sites (N-methyl/N-ethyl adjacent to an activating group) is 1. The van der Waals surface area contributed by atoms with Crippen molar-refractivity contribution < 1.29 is 4.79 Å². The molecule has 1 heterocycles. The molecule has 4 heteroatoms. The summed E-state index contributed by atoms with van der Waals surface area (Å²) in [7, 11) is 1.67. The van der Waals surface area contributed by atoms with E-state index < -0.39 is 5.54 Å². The first kappa shape index (κ1) is 18.0. The fourth-order valence-corrected chi connectivity index (χ4v) is 3.91. The minimum atomic E-state index is -1.16. The third-order valence-electron chi connectivity index (χ3n) is 5.40. The second kappa shape index (κ2) is 6.64. The average molecular weight is 369 g/mol. The summed E-state index contributed by atoms with van der Waals surface area (Å²) in [5, 5.41) is 0. The summed E-state index contributed by atoms with van der Waals surface area (Å²) in [6.07, 6.45) is 0. The van der Waals surface area contributed by atoms with Gasteiger partial charge in [-0.2, -0.15) is 0 Å². The molecule has 0 radical (unpaired) electrons. The Morgan fingerprint density at radius 1 is 0.893 bits per heavy atom. The second-order valence-electron chi connectivity index (χ2n) is 7.31. The zero-order chi connectivity index (χ0) is 19.9. The highest BCUT2D eigenvalue weighted by molar-refractivity contribution is 6.09. The number of carbonyl (C=O) groups excluding carboxylic acids is 1. The van der Waals surface area contributed by atoms with E-state index in [1.165, 1.54) is 16.0 Å². The predicted octanol–water partition coefficient (Wildman–Crippen LogP) is 4.00. The van der Waals surface area contributed by atoms with Crippen LogP contribution in [0.4, 0.5) is 0 Å². The third-order valence-corrected chi connectivity index (χ3v) is 5.40. The summed E-state index contributed by atoms with van der Waals surface area (Å²) in [5.41, 5.74) is 11.2. The van der Waals surface area contributed by atoms with Crippen molar-refractivity contribution in [2.24, 2.45) is 10.7 Å². The van der Waals surface area contributed by atoms with Gasteiger partial charge in [0.05, 0.1) is 0 Å². The predicted molar refractivity (Wildman–Crippen MR) is 113 cm³/mol. The van der Waals surface area contributed by atoms with Crippen LogP contribution in [0.15, 0.2) is 77.8 Å². The average Bonchev–Trinajstić information content (AvgIpc) is 2.94. The zero-order valence-electron chi connectivity index (χ0n) is 16.3. The molecule has 0 spiro atoms. The number of aliphatic imine (C=N–C) groups is 1. The molecule has 1 aliphatic rings. The van der Waals surface area contributed by atoms with Crippen molar-refractivity contribution in [3.8, 4) is 11.1 Å². The molecular weight excluding hydrogens is 346 g/mol. The Bertz CT molecular complexity index is 1090. The van der Waals surface area contributed by atoms with Gasteiger partial charge in [-0.25, -0.2) is 4.99 Å². The molecule has 0 bridgehead atoms. The van der Waals surface area contributed by atoms with E-state index in [0.29, 0.717) is 0 Å². The van der Waals surface area contributed by atoms with Gasteiger partial charge < -0.3 is 5.73 Å². The molecule has 2 N–H and O–H groups in total. The van der Waals surface area contributed by atoms with E-state index in [2.05, 4.69) is 49.2 Å². The standard InChI is InChI=1S/C24H23N3O/c1-16-12-13-21(17(2)14-16)18-8-7-11-20(15-18)24(19-9-5-4-6-10-19)22(28)27(3)23(25)26-24/h4-15H,1-3H3,(H2,25,26). The van der Waals surface area contributed by atoms with Crippen molar-refractivity contribution in [2.45, 2.75) is 19.4 Å². The molecule has 0 aliphatic carbocycles. The van der Waals surface area contributed by atoms with E-state index in [-0.39, 0.29) is 11.9 Å². The van der Waals surface area contributed by atoms with Gasteiger partial charge in [-0.1, -0.05) is 72.3 Å². The number of hydrogen-bond acceptors (Lipinski definition) is 3. The largest absolute Gasteiger partial charge is 0.369 e. The Kier molecular flexibility index (Phi) is 4.27. The van der Waals surface area contributed by atoms with E-state index in [1.54, 1.807) is 7.05 Å². The molecule has 28 heavy (non-hydrogen) atoms. The van der Waals surface area contributed by atoms with E-state index in [4.69, 9.17) is 5.73 Å². The molecule has 4 nitrogen and oxygen atoms in total. The molecule has 1 amide bonds. The van der Waals surface area contributed by atoms with Crippen LogP contribution < -0.4 is 5.73 Å². The van der Waals surface area contributed by atoms with Gasteiger partial charge in [0.1, 0.15) is 0 Å². The Morgan fingerprint density at radius 2 is 1.61 bits per heavy atom. The summed E-state index contributed by atoms with van der Waals surface area (Å²) in [4.78, 5) is 19.4. The van der Waals surface area contributed by atoms with Crippen molar-refractivity contribution in [1.29, 1.82) is 0 Å². The van der Waals surface area contributed by atoms with Crippen LogP contribution in [0.2, 0.25) is 0 Å². The van der Waals surface area contributed by atoms with Crippen LogP contribution in [-0.4, -0.2) is 23.8 Å². The lowest BCUT2D eigenvalue weighted by Gasteiger charge is -2.26. The first-order valence-corrected chi connectivity index (χ1v) is 9.30. The molecule has 3 aromatic carbocycles. The van der Waals surface area contributed by atoms with Crippen molar-refractivity contribution in [1.82, 2.24) is 4.90 Å². The van der Waals surface area contributed by atoms with Crippen LogP contribution in [-0.2, 0) is 10.3 Å². The van der Waals surface area contributed by atoms with E-state index in [1.807, 2.05) is 42.5 Å². The number of amides is 1. The molecule has 1 aliphatic heterocycles. The molecule has 4 rings (SSSR count). The lowest BCUT2D eigenvalue weighted by molar-refractivity contribution is -0.129. The number of nitrogens with two attached hydrogens (primary N) is 1. The van der Waals surface area contributed by atoms with Gasteiger partial charge in [0, 0.05) is 7.05 Å². The summed E-state index contributed by atoms with van der Waals surface area (Å²) >= 11 is 0. The van der Waals surface area contributed by atoms with E-state index in [9.17, 15) is 4.79 Å². The number of aryl methyl sites for hydroxylation is 2. The van der Waals surface area contributed by atoms with Crippen LogP contribution in [0.25, 0.3) is 11.1 Å². The fraction of sp³-hybridized carbons (Fsp3) is 0.167. The smallest absolute Gasteiger partial charge is 0.266 e. The van der Waals surface area contributed by atoms with Crippen LogP contribution in [0.5, 0.6) is 0 Å². The second-order valence-corrected chi connectivity index (χ2v) is 7.31. The van der Waals surface area contributed by atoms with Gasteiger partial charge in [-0.3, -0.25) is 9.69 Å². The quantitative estimate of drug-likeness (QED) is 0.759. The highest BCUT2D eigenvalue weighted by Gasteiger charge is 2.49. The van der Waals surface area contributed by atoms with Crippen molar-refractivity contribution in [3.63, 3.8) is 0 Å². The minimum Gasteiger partial charge on any atom is -0.369 e. The van der Waals surface area contributed by atoms with Crippen molar-refractivity contribution in [3.05, 3.63) is 95.1 Å². The third kappa shape index (κ3) is 2.69. The maximum atomic E-state index is 13.3.